The van der Waals surface area contributed by atoms with Gasteiger partial charge in [0.25, 0.3) is 11.8 Å². The molecule has 1 unspecified atom stereocenters. The maximum atomic E-state index is 15.3. The summed E-state index contributed by atoms with van der Waals surface area (Å²) < 4.78 is 30.6. The highest BCUT2D eigenvalue weighted by Crippen LogP contribution is 2.39. The zero-order chi connectivity index (χ0) is 22.9. The van der Waals surface area contributed by atoms with Gasteiger partial charge in [0.1, 0.15) is 6.04 Å². The van der Waals surface area contributed by atoms with E-state index >= 15 is 8.78 Å². The topological polar surface area (TPSA) is 49.4 Å². The lowest BCUT2D eigenvalue weighted by molar-refractivity contribution is -0.127. The first-order chi connectivity index (χ1) is 15.3. The van der Waals surface area contributed by atoms with Gasteiger partial charge in [0.2, 0.25) is 5.91 Å². The molecular weight excluding hydrogens is 434 g/mol. The van der Waals surface area contributed by atoms with Crippen molar-refractivity contribution >= 4 is 23.4 Å². The van der Waals surface area contributed by atoms with Crippen molar-refractivity contribution in [1.82, 2.24) is 10.2 Å². The third-order valence-corrected chi connectivity index (χ3v) is 5.80. The molecule has 1 heterocycles. The fourth-order valence-corrected chi connectivity index (χ4v) is 4.26. The third-order valence-electron chi connectivity index (χ3n) is 5.57. The first-order valence-electron chi connectivity index (χ1n) is 10.1. The second-order valence-electron chi connectivity index (χ2n) is 7.79. The highest BCUT2D eigenvalue weighted by molar-refractivity contribution is 6.30. The largest absolute Gasteiger partial charge is 0.350 e. The summed E-state index contributed by atoms with van der Waals surface area (Å²) in [6, 6.07) is 18.7. The standard InChI is InChI=1S/C25H21ClF2N2O2/c1-16-13-18(26)11-12-21(16)25(27,28)15-30-22(19-9-5-6-10-20(19)24(30)32)23(31)29-14-17-7-3-2-4-8-17/h2-13,22H,14-15H2,1H3,(H,29,31). The van der Waals surface area contributed by atoms with E-state index in [0.717, 1.165) is 10.5 Å². The van der Waals surface area contributed by atoms with Crippen LogP contribution in [0.2, 0.25) is 5.02 Å². The van der Waals surface area contributed by atoms with Crippen LogP contribution in [-0.4, -0.2) is 23.3 Å². The molecule has 1 atom stereocenters. The van der Waals surface area contributed by atoms with Gasteiger partial charge in [-0.3, -0.25) is 9.59 Å². The van der Waals surface area contributed by atoms with E-state index in [1.165, 1.54) is 18.2 Å². The number of halogens is 3. The van der Waals surface area contributed by atoms with Crippen LogP contribution in [-0.2, 0) is 17.3 Å². The number of hydrogen-bond acceptors (Lipinski definition) is 2. The number of alkyl halides is 2. The number of aryl methyl sites for hydroxylation is 1. The minimum Gasteiger partial charge on any atom is -0.350 e. The lowest BCUT2D eigenvalue weighted by Crippen LogP contribution is -2.43. The molecule has 4 nitrogen and oxygen atoms in total. The number of benzene rings is 3. The van der Waals surface area contributed by atoms with Gasteiger partial charge >= 0.3 is 0 Å². The molecule has 1 N–H and O–H groups in total. The van der Waals surface area contributed by atoms with Crippen molar-refractivity contribution in [3.8, 4) is 0 Å². The molecule has 3 aromatic rings. The Labute approximate surface area is 189 Å². The molecule has 0 fully saturated rings. The van der Waals surface area contributed by atoms with Gasteiger partial charge in [-0.2, -0.15) is 8.78 Å². The van der Waals surface area contributed by atoms with Crippen molar-refractivity contribution in [1.29, 1.82) is 0 Å². The summed E-state index contributed by atoms with van der Waals surface area (Å²) in [6.07, 6.45) is 0. The Bertz CT molecular complexity index is 1170. The number of fused-ring (bicyclic) bond motifs is 1. The number of nitrogens with zero attached hydrogens (tertiary/aromatic N) is 1. The average molecular weight is 455 g/mol. The highest BCUT2D eigenvalue weighted by atomic mass is 35.5. The van der Waals surface area contributed by atoms with Gasteiger partial charge in [-0.05, 0) is 41.8 Å². The third kappa shape index (κ3) is 4.23. The Morgan fingerprint density at radius 2 is 1.75 bits per heavy atom. The molecule has 0 radical (unpaired) electrons. The molecular formula is C25H21ClF2N2O2. The molecule has 1 aliphatic heterocycles. The fourth-order valence-electron chi connectivity index (χ4n) is 4.03. The Morgan fingerprint density at radius 3 is 2.47 bits per heavy atom. The van der Waals surface area contributed by atoms with Crippen LogP contribution in [0.3, 0.4) is 0 Å². The molecule has 0 aromatic heterocycles. The van der Waals surface area contributed by atoms with Crippen LogP contribution in [0.15, 0.2) is 72.8 Å². The maximum absolute atomic E-state index is 15.3. The van der Waals surface area contributed by atoms with Gasteiger partial charge in [-0.1, -0.05) is 66.2 Å². The number of carbonyl (C=O) groups is 2. The molecule has 0 aliphatic carbocycles. The summed E-state index contributed by atoms with van der Waals surface area (Å²) in [5.41, 5.74) is 1.64. The smallest absolute Gasteiger partial charge is 0.290 e. The maximum Gasteiger partial charge on any atom is 0.290 e. The van der Waals surface area contributed by atoms with Crippen LogP contribution in [0.1, 0.15) is 38.7 Å². The minimum atomic E-state index is -3.37. The molecule has 7 heteroatoms. The van der Waals surface area contributed by atoms with E-state index in [1.807, 2.05) is 30.3 Å². The summed E-state index contributed by atoms with van der Waals surface area (Å²) in [4.78, 5) is 27.1. The van der Waals surface area contributed by atoms with E-state index in [4.69, 9.17) is 11.6 Å². The Hall–Kier alpha value is -3.25. The lowest BCUT2D eigenvalue weighted by atomic mass is 10.0. The zero-order valence-corrected chi connectivity index (χ0v) is 18.1. The molecule has 1 aliphatic rings. The molecule has 4 rings (SSSR count). The van der Waals surface area contributed by atoms with Crippen LogP contribution < -0.4 is 5.32 Å². The van der Waals surface area contributed by atoms with Crippen LogP contribution in [0.25, 0.3) is 0 Å². The summed E-state index contributed by atoms with van der Waals surface area (Å²) in [5, 5.41) is 3.13. The van der Waals surface area contributed by atoms with Gasteiger partial charge in [-0.15, -0.1) is 0 Å². The highest BCUT2D eigenvalue weighted by Gasteiger charge is 2.46. The summed E-state index contributed by atoms with van der Waals surface area (Å²) in [6.45, 7) is 0.846. The van der Waals surface area contributed by atoms with Gasteiger partial charge in [0, 0.05) is 22.7 Å². The molecule has 0 bridgehead atoms. The van der Waals surface area contributed by atoms with E-state index in [1.54, 1.807) is 31.2 Å². The second-order valence-corrected chi connectivity index (χ2v) is 8.23. The van der Waals surface area contributed by atoms with Crippen molar-refractivity contribution in [2.45, 2.75) is 25.4 Å². The summed E-state index contributed by atoms with van der Waals surface area (Å²) in [7, 11) is 0. The van der Waals surface area contributed by atoms with Gasteiger partial charge in [0.05, 0.1) is 6.54 Å². The predicted octanol–water partition coefficient (Wildman–Crippen LogP) is 5.25. The Kier molecular flexibility index (Phi) is 5.98. The van der Waals surface area contributed by atoms with E-state index < -0.39 is 30.3 Å². The molecule has 0 saturated carbocycles. The van der Waals surface area contributed by atoms with Crippen LogP contribution >= 0.6 is 11.6 Å². The number of nitrogens with one attached hydrogen (secondary N) is 1. The first kappa shape index (κ1) is 22.0. The Balaban J connectivity index is 1.63. The second kappa shape index (κ2) is 8.71. The van der Waals surface area contributed by atoms with Crippen molar-refractivity contribution in [3.63, 3.8) is 0 Å². The SMILES string of the molecule is Cc1cc(Cl)ccc1C(F)(F)CN1C(=O)c2ccccc2C1C(=O)NCc1ccccc1. The number of hydrogen-bond donors (Lipinski definition) is 1. The van der Waals surface area contributed by atoms with E-state index in [-0.39, 0.29) is 17.7 Å². The molecule has 0 saturated heterocycles. The van der Waals surface area contributed by atoms with Crippen molar-refractivity contribution < 1.29 is 18.4 Å². The van der Waals surface area contributed by atoms with Gasteiger partial charge < -0.3 is 10.2 Å². The molecule has 164 valence electrons. The normalized spacial score (nSPS) is 15.6. The minimum absolute atomic E-state index is 0.228. The van der Waals surface area contributed by atoms with Crippen molar-refractivity contribution in [2.75, 3.05) is 6.54 Å². The fraction of sp³-hybridized carbons (Fsp3) is 0.200. The molecule has 0 spiro atoms. The van der Waals surface area contributed by atoms with Crippen molar-refractivity contribution in [3.05, 3.63) is 106 Å². The van der Waals surface area contributed by atoms with E-state index in [0.29, 0.717) is 16.1 Å². The molecule has 3 aromatic carbocycles. The van der Waals surface area contributed by atoms with Crippen LogP contribution in [0, 0.1) is 6.92 Å². The van der Waals surface area contributed by atoms with Crippen LogP contribution in [0.4, 0.5) is 8.78 Å². The predicted molar refractivity (Wildman–Crippen MR) is 119 cm³/mol. The molecule has 32 heavy (non-hydrogen) atoms. The van der Waals surface area contributed by atoms with Crippen LogP contribution in [0.5, 0.6) is 0 Å². The first-order valence-corrected chi connectivity index (χ1v) is 10.5. The number of amides is 2. The monoisotopic (exact) mass is 454 g/mol. The van der Waals surface area contributed by atoms with Gasteiger partial charge in [-0.25, -0.2) is 0 Å². The van der Waals surface area contributed by atoms with Crippen molar-refractivity contribution in [2.24, 2.45) is 0 Å². The average Bonchev–Trinajstić information content (AvgIpc) is 3.04. The van der Waals surface area contributed by atoms with E-state index in [9.17, 15) is 9.59 Å². The lowest BCUT2D eigenvalue weighted by Gasteiger charge is -2.29. The molecule has 2 amide bonds. The number of carbonyl (C=O) groups excluding carboxylic acids is 2. The quantitative estimate of drug-likeness (QED) is 0.552. The number of rotatable bonds is 6. The van der Waals surface area contributed by atoms with E-state index in [2.05, 4.69) is 5.32 Å². The summed E-state index contributed by atoms with van der Waals surface area (Å²) in [5.74, 6) is -4.47. The Morgan fingerprint density at radius 1 is 1.06 bits per heavy atom. The zero-order valence-electron chi connectivity index (χ0n) is 17.3. The summed E-state index contributed by atoms with van der Waals surface area (Å²) >= 11 is 5.91. The van der Waals surface area contributed by atoms with Gasteiger partial charge in [0.15, 0.2) is 0 Å².